The highest BCUT2D eigenvalue weighted by atomic mass is 79.9. The fourth-order valence-corrected chi connectivity index (χ4v) is 14.9. The molecule has 7 aromatic carbocycles. The molecule has 2 aliphatic rings. The van der Waals surface area contributed by atoms with Gasteiger partial charge < -0.3 is 40.2 Å². The number of aliphatic hydroxyl groups is 2. The van der Waals surface area contributed by atoms with Crippen LogP contribution in [0.1, 0.15) is 69.6 Å². The first-order chi connectivity index (χ1) is 49.7. The van der Waals surface area contributed by atoms with Gasteiger partial charge in [-0.25, -0.2) is 13.2 Å². The number of aliphatic hydroxyl groups excluding tert-OH is 2. The molecule has 0 amide bonds. The lowest BCUT2D eigenvalue weighted by molar-refractivity contribution is -0.151. The molecule has 0 unspecified atom stereocenters. The van der Waals surface area contributed by atoms with Gasteiger partial charge in [0.1, 0.15) is 17.5 Å². The fraction of sp³-hybridized carbons (Fsp3) is 0.423. The number of hydrogen-bond acceptors (Lipinski definition) is 16. The second-order valence-electron chi connectivity index (χ2n) is 26.7. The van der Waals surface area contributed by atoms with E-state index in [0.717, 1.165) is 58.2 Å². The van der Waals surface area contributed by atoms with Gasteiger partial charge in [-0.2, -0.15) is 8.42 Å². The van der Waals surface area contributed by atoms with E-state index in [1.807, 2.05) is 60.7 Å². The Labute approximate surface area is 634 Å². The van der Waals surface area contributed by atoms with Gasteiger partial charge in [0.05, 0.1) is 62.3 Å². The van der Waals surface area contributed by atoms with Crippen molar-refractivity contribution in [2.24, 2.45) is 35.3 Å². The van der Waals surface area contributed by atoms with E-state index in [4.69, 9.17) is 58.9 Å². The van der Waals surface area contributed by atoms with E-state index in [0.29, 0.717) is 108 Å². The molecule has 0 spiro atoms. The highest BCUT2D eigenvalue weighted by Gasteiger charge is 2.36. The molecule has 0 aromatic heterocycles. The highest BCUT2D eigenvalue weighted by molar-refractivity contribution is 9.10. The minimum absolute atomic E-state index is 0.0231. The molecule has 560 valence electrons. The van der Waals surface area contributed by atoms with Crippen molar-refractivity contribution >= 4 is 92.6 Å². The number of nitrogens with zero attached hydrogens (tertiary/aromatic N) is 2. The molecule has 104 heavy (non-hydrogen) atoms. The van der Waals surface area contributed by atoms with E-state index in [9.17, 15) is 56.2 Å². The highest BCUT2D eigenvalue weighted by Crippen LogP contribution is 2.34. The topological polar surface area (TPSA) is 236 Å². The van der Waals surface area contributed by atoms with Crippen molar-refractivity contribution in [2.45, 2.75) is 121 Å². The standard InChI is InChI=1S/C28H30BBrClFO6S.C26H34BClFNO4.C24H30ClFN2O3/c1-3-37-28(33)22(18-38-39(35,36)25-11-8-23(30)9-12-25)15-20(17-29(2)34)14-19-4-6-21(7-5-19)26-16-24(31)10-13-27(26)32;1-3-34-26(32)21(16-30-11-10-23(30)17-31)13-19(15-27(2)33)12-18-4-6-20(7-5-18)24-14-22(28)8-9-25(24)29;1-2-31-24(30)18(14-28-10-9-21(28)15-29)12-20(27)11-16-3-5-17(6-4-16)22-13-19(25)7-8-23(22)26/h4-13,16,20,22,34H,3,14-15,17-18H2,1-2H3;4-9,14,19,21,23,31,33H,3,10-13,15-17H2,1-2H3;3-8,13,18,20-21,29H,2,9-12,14-15,27H2,1H3/t20-,22+;19-,21+,23-;18-,20+,21+/m110/s1. The summed E-state index contributed by atoms with van der Waals surface area (Å²) in [5.41, 5.74) is 12.8. The van der Waals surface area contributed by atoms with Gasteiger partial charge in [0, 0.05) is 80.5 Å². The lowest BCUT2D eigenvalue weighted by atomic mass is 9.62. The Hall–Kier alpha value is -6.15. The number of carbonyl (C=O) groups excluding carboxylic acids is 3. The van der Waals surface area contributed by atoms with E-state index >= 15 is 0 Å². The van der Waals surface area contributed by atoms with Gasteiger partial charge in [0.15, 0.2) is 0 Å². The molecule has 2 fully saturated rings. The first kappa shape index (κ1) is 85.1. The third-order valence-electron chi connectivity index (χ3n) is 18.5. The summed E-state index contributed by atoms with van der Waals surface area (Å²) in [4.78, 5) is 42.2. The number of ether oxygens (including phenoxy) is 3. The number of hydrogen-bond donors (Lipinski definition) is 5. The van der Waals surface area contributed by atoms with Crippen LogP contribution in [-0.2, 0) is 62.2 Å². The van der Waals surface area contributed by atoms with Gasteiger partial charge in [-0.3, -0.25) is 28.4 Å². The number of likely N-dealkylation sites (tertiary alicyclic amines) is 2. The zero-order valence-electron chi connectivity index (χ0n) is 59.3. The Bertz CT molecular complexity index is 3970. The number of benzene rings is 7. The molecular formula is C78H94B2BrCl3F3N3O13S. The van der Waals surface area contributed by atoms with E-state index in [1.165, 1.54) is 48.5 Å². The van der Waals surface area contributed by atoms with Gasteiger partial charge in [-0.15, -0.1) is 0 Å². The summed E-state index contributed by atoms with van der Waals surface area (Å²) in [7, 11) is -4.09. The predicted octanol–water partition coefficient (Wildman–Crippen LogP) is 14.9. The molecule has 0 saturated carbocycles. The lowest BCUT2D eigenvalue weighted by Gasteiger charge is -2.41. The van der Waals surface area contributed by atoms with Gasteiger partial charge >= 0.3 is 17.9 Å². The largest absolute Gasteiger partial charge is 0.466 e. The Morgan fingerprint density at radius 2 is 0.885 bits per heavy atom. The molecule has 9 rings (SSSR count). The van der Waals surface area contributed by atoms with Crippen molar-refractivity contribution in [2.75, 3.05) is 65.8 Å². The summed E-state index contributed by atoms with van der Waals surface area (Å²) in [6.07, 6.45) is 5.91. The van der Waals surface area contributed by atoms with E-state index in [2.05, 4.69) is 25.7 Å². The second kappa shape index (κ2) is 42.4. The molecule has 0 radical (unpaired) electrons. The van der Waals surface area contributed by atoms with Gasteiger partial charge in [-0.05, 0) is 209 Å². The fourth-order valence-electron chi connectivity index (χ4n) is 13.1. The molecule has 0 aliphatic carbocycles. The van der Waals surface area contributed by atoms with Crippen LogP contribution in [-0.4, -0.2) is 154 Å². The molecule has 7 aromatic rings. The zero-order chi connectivity index (χ0) is 75.6. The molecule has 16 nitrogen and oxygen atoms in total. The smallest absolute Gasteiger partial charge is 0.311 e. The average Bonchev–Trinajstić information content (AvgIpc) is 0.792. The van der Waals surface area contributed by atoms with Crippen LogP contribution in [0.25, 0.3) is 33.4 Å². The summed E-state index contributed by atoms with van der Waals surface area (Å²) in [5.74, 6) is -3.70. The number of carbonyl (C=O) groups is 3. The molecular weight excluding hydrogens is 1480 g/mol. The molecule has 0 bridgehead atoms. The summed E-state index contributed by atoms with van der Waals surface area (Å²) >= 11 is 21.3. The van der Waals surface area contributed by atoms with Gasteiger partial charge in [0.2, 0.25) is 0 Å². The van der Waals surface area contributed by atoms with Crippen LogP contribution in [0.3, 0.4) is 0 Å². The molecule has 2 aliphatic heterocycles. The van der Waals surface area contributed by atoms with Gasteiger partial charge in [0.25, 0.3) is 23.9 Å². The molecule has 2 saturated heterocycles. The Balaban J connectivity index is 0.000000220. The number of esters is 3. The average molecular weight is 1580 g/mol. The van der Waals surface area contributed by atoms with Crippen molar-refractivity contribution < 1.29 is 74.6 Å². The van der Waals surface area contributed by atoms with Crippen LogP contribution in [0.5, 0.6) is 0 Å². The molecule has 6 N–H and O–H groups in total. The maximum Gasteiger partial charge on any atom is 0.311 e. The monoisotopic (exact) mass is 1580 g/mol. The minimum atomic E-state index is -4.09. The van der Waals surface area contributed by atoms with Crippen LogP contribution in [0.4, 0.5) is 13.2 Å². The number of nitrogens with two attached hydrogens (primary N) is 1. The first-order valence-corrected chi connectivity index (χ1v) is 38.6. The van der Waals surface area contributed by atoms with Crippen LogP contribution < -0.4 is 5.73 Å². The minimum Gasteiger partial charge on any atom is -0.466 e. The third-order valence-corrected chi connectivity index (χ3v) is 21.1. The first-order valence-electron chi connectivity index (χ1n) is 35.3. The molecule has 2 heterocycles. The van der Waals surface area contributed by atoms with E-state index < -0.39 is 35.8 Å². The Kier molecular flexibility index (Phi) is 34.7. The summed E-state index contributed by atoms with van der Waals surface area (Å²) in [5, 5.41) is 40.6. The van der Waals surface area contributed by atoms with Crippen molar-refractivity contribution in [3.05, 3.63) is 205 Å². The third kappa shape index (κ3) is 26.7. The number of halogens is 7. The van der Waals surface area contributed by atoms with Crippen molar-refractivity contribution in [1.29, 1.82) is 0 Å². The Morgan fingerprint density at radius 1 is 0.538 bits per heavy atom. The Morgan fingerprint density at radius 3 is 1.22 bits per heavy atom. The summed E-state index contributed by atoms with van der Waals surface area (Å²) < 4.78 is 89.8. The lowest BCUT2D eigenvalue weighted by Crippen LogP contribution is -2.53. The van der Waals surface area contributed by atoms with Crippen molar-refractivity contribution in [1.82, 2.24) is 9.80 Å². The van der Waals surface area contributed by atoms with Crippen LogP contribution in [0.2, 0.25) is 41.4 Å². The maximum atomic E-state index is 14.3. The SMILES string of the molecule is CCOC(=O)[C@@H](C[C@H](CB(C)O)Cc1ccc(-c2cc(Cl)ccc2F)cc1)CN1CC[C@@H]1CO.CCOC(=O)[C@@H](C[C@H](N)Cc1ccc(-c2cc(Cl)ccc2F)cc1)CN1CC[C@@H]1CO.CCOC(=O)[C@H](COS(=O)(=O)c1ccc(Br)cc1)C[C@H](CB(C)O)Cc1ccc(-c2cc(Cl)ccc2F)cc1. The predicted molar refractivity (Wildman–Crippen MR) is 410 cm³/mol. The van der Waals surface area contributed by atoms with Crippen molar-refractivity contribution in [3.8, 4) is 33.4 Å². The van der Waals surface area contributed by atoms with Crippen LogP contribution in [0.15, 0.2) is 161 Å². The summed E-state index contributed by atoms with van der Waals surface area (Å²) in [6.45, 7) is 11.0. The maximum absolute atomic E-state index is 14.3. The van der Waals surface area contributed by atoms with Crippen LogP contribution in [0, 0.1) is 47.0 Å². The normalized spacial score (nSPS) is 16.1. The van der Waals surface area contributed by atoms with E-state index in [1.54, 1.807) is 76.9 Å². The quantitative estimate of drug-likeness (QED) is 0.0107. The zero-order valence-corrected chi connectivity index (χ0v) is 64.0. The molecule has 26 heteroatoms. The van der Waals surface area contributed by atoms with Crippen molar-refractivity contribution in [3.63, 3.8) is 0 Å². The number of rotatable bonds is 35. The van der Waals surface area contributed by atoms with Crippen LogP contribution >= 0.6 is 50.7 Å². The van der Waals surface area contributed by atoms with Gasteiger partial charge in [-0.1, -0.05) is 137 Å². The summed E-state index contributed by atoms with van der Waals surface area (Å²) in [6, 6.07) is 41.9. The van der Waals surface area contributed by atoms with E-state index in [-0.39, 0.29) is 109 Å². The second-order valence-corrected chi connectivity index (χ2v) is 30.6. The molecule has 8 atom stereocenters.